The van der Waals surface area contributed by atoms with E-state index in [-0.39, 0.29) is 5.79 Å². The lowest BCUT2D eigenvalue weighted by molar-refractivity contribution is -0.179. The quantitative estimate of drug-likeness (QED) is 0.922. The largest absolute Gasteiger partial charge is 0.487 e. The Balaban J connectivity index is 1.44. The smallest absolute Gasteiger partial charge is 0.173 e. The Bertz CT molecular complexity index is 405. The predicted molar refractivity (Wildman–Crippen MR) is 74.6 cm³/mol. The summed E-state index contributed by atoms with van der Waals surface area (Å²) in [6.07, 6.45) is 4.28. The molecule has 0 atom stereocenters. The van der Waals surface area contributed by atoms with Crippen molar-refractivity contribution in [3.63, 3.8) is 0 Å². The van der Waals surface area contributed by atoms with Gasteiger partial charge in [-0.15, -0.1) is 11.3 Å². The summed E-state index contributed by atoms with van der Waals surface area (Å²) in [5.41, 5.74) is 0. The Kier molecular flexibility index (Phi) is 4.07. The van der Waals surface area contributed by atoms with E-state index in [0.29, 0.717) is 6.04 Å². The third-order valence-electron chi connectivity index (χ3n) is 3.96. The molecule has 0 radical (unpaired) electrons. The fourth-order valence-electron chi connectivity index (χ4n) is 2.86. The summed E-state index contributed by atoms with van der Waals surface area (Å²) in [5.74, 6) is -0.246. The minimum Gasteiger partial charge on any atom is -0.487 e. The fourth-order valence-corrected chi connectivity index (χ4v) is 3.62. The van der Waals surface area contributed by atoms with Crippen LogP contribution in [0.25, 0.3) is 0 Å². The van der Waals surface area contributed by atoms with E-state index < -0.39 is 0 Å². The lowest BCUT2D eigenvalue weighted by Gasteiger charge is -2.35. The van der Waals surface area contributed by atoms with E-state index in [9.17, 15) is 0 Å². The zero-order valence-electron chi connectivity index (χ0n) is 11.3. The average molecular weight is 283 g/mol. The van der Waals surface area contributed by atoms with Crippen LogP contribution < -0.4 is 10.1 Å². The summed E-state index contributed by atoms with van der Waals surface area (Å²) in [6, 6.07) is 4.73. The van der Waals surface area contributed by atoms with Crippen LogP contribution in [0.15, 0.2) is 12.1 Å². The zero-order chi connectivity index (χ0) is 13.1. The van der Waals surface area contributed by atoms with Crippen LogP contribution in [0.4, 0.5) is 0 Å². The maximum atomic E-state index is 5.75. The van der Waals surface area contributed by atoms with Crippen LogP contribution >= 0.6 is 11.3 Å². The molecule has 0 aromatic carbocycles. The van der Waals surface area contributed by atoms with Gasteiger partial charge in [0.15, 0.2) is 10.9 Å². The molecule has 1 saturated heterocycles. The topological polar surface area (TPSA) is 39.7 Å². The molecule has 0 unspecified atom stereocenters. The van der Waals surface area contributed by atoms with Crippen LogP contribution in [-0.2, 0) is 16.0 Å². The van der Waals surface area contributed by atoms with Crippen LogP contribution in [0.5, 0.6) is 5.06 Å². The van der Waals surface area contributed by atoms with Gasteiger partial charge in [0, 0.05) is 30.3 Å². The molecule has 1 spiro atoms. The van der Waals surface area contributed by atoms with Gasteiger partial charge in [0.25, 0.3) is 0 Å². The molecule has 2 fully saturated rings. The summed E-state index contributed by atoms with van der Waals surface area (Å²) in [6.45, 7) is 2.44. The highest BCUT2D eigenvalue weighted by Gasteiger charge is 2.40. The summed E-state index contributed by atoms with van der Waals surface area (Å²) in [7, 11) is 1.71. The van der Waals surface area contributed by atoms with Crippen molar-refractivity contribution in [1.29, 1.82) is 0 Å². The first-order valence-corrected chi connectivity index (χ1v) is 7.75. The number of rotatable bonds is 4. The van der Waals surface area contributed by atoms with Crippen molar-refractivity contribution in [2.45, 2.75) is 44.1 Å². The first kappa shape index (κ1) is 13.4. The van der Waals surface area contributed by atoms with E-state index in [1.807, 2.05) is 6.07 Å². The van der Waals surface area contributed by atoms with E-state index in [0.717, 1.165) is 50.5 Å². The van der Waals surface area contributed by atoms with Gasteiger partial charge in [-0.05, 0) is 25.0 Å². The summed E-state index contributed by atoms with van der Waals surface area (Å²) < 4.78 is 16.7. The van der Waals surface area contributed by atoms with Gasteiger partial charge in [0.05, 0.1) is 20.3 Å². The summed E-state index contributed by atoms with van der Waals surface area (Å²) in [4.78, 5) is 1.32. The van der Waals surface area contributed by atoms with Gasteiger partial charge in [-0.1, -0.05) is 0 Å². The zero-order valence-corrected chi connectivity index (χ0v) is 12.1. The number of methoxy groups -OCH3 is 1. The second kappa shape index (κ2) is 5.79. The molecule has 0 amide bonds. The molecule has 1 saturated carbocycles. The molecule has 1 aliphatic heterocycles. The molecule has 0 bridgehead atoms. The molecule has 2 heterocycles. The van der Waals surface area contributed by atoms with Crippen molar-refractivity contribution in [3.8, 4) is 5.06 Å². The van der Waals surface area contributed by atoms with Crippen molar-refractivity contribution in [2.75, 3.05) is 20.3 Å². The maximum Gasteiger partial charge on any atom is 0.173 e. The van der Waals surface area contributed by atoms with E-state index >= 15 is 0 Å². The van der Waals surface area contributed by atoms with Crippen molar-refractivity contribution in [1.82, 2.24) is 5.32 Å². The average Bonchev–Trinajstić information content (AvgIpc) is 3.08. The first-order valence-electron chi connectivity index (χ1n) is 6.94. The number of ether oxygens (including phenoxy) is 3. The minimum absolute atomic E-state index is 0.246. The Morgan fingerprint density at radius 3 is 2.68 bits per heavy atom. The van der Waals surface area contributed by atoms with Gasteiger partial charge in [0.2, 0.25) is 0 Å². The standard InChI is InChI=1S/C14H21NO3S/c1-16-13-3-2-12(19-13)10-15-11-4-6-14(7-5-11)17-8-9-18-14/h2-3,11,15H,4-10H2,1H3. The van der Waals surface area contributed by atoms with Gasteiger partial charge >= 0.3 is 0 Å². The lowest BCUT2D eigenvalue weighted by Crippen LogP contribution is -2.41. The Morgan fingerprint density at radius 1 is 1.32 bits per heavy atom. The van der Waals surface area contributed by atoms with Crippen molar-refractivity contribution >= 4 is 11.3 Å². The van der Waals surface area contributed by atoms with Crippen LogP contribution in [0, 0.1) is 0 Å². The number of nitrogens with one attached hydrogen (secondary N) is 1. The molecule has 1 aliphatic carbocycles. The van der Waals surface area contributed by atoms with E-state index in [1.165, 1.54) is 4.88 Å². The molecule has 19 heavy (non-hydrogen) atoms. The summed E-state index contributed by atoms with van der Waals surface area (Å²) >= 11 is 1.71. The van der Waals surface area contributed by atoms with Gasteiger partial charge in [-0.3, -0.25) is 0 Å². The number of hydrogen-bond donors (Lipinski definition) is 1. The van der Waals surface area contributed by atoms with Gasteiger partial charge in [-0.2, -0.15) is 0 Å². The van der Waals surface area contributed by atoms with Crippen molar-refractivity contribution in [3.05, 3.63) is 17.0 Å². The third-order valence-corrected chi connectivity index (χ3v) is 5.01. The van der Waals surface area contributed by atoms with E-state index in [2.05, 4.69) is 11.4 Å². The normalized spacial score (nSPS) is 23.0. The van der Waals surface area contributed by atoms with Gasteiger partial charge < -0.3 is 19.5 Å². The Hall–Kier alpha value is -0.620. The van der Waals surface area contributed by atoms with E-state index in [1.54, 1.807) is 18.4 Å². The number of thiophene rings is 1. The molecule has 4 nitrogen and oxygen atoms in total. The molecule has 1 aromatic heterocycles. The van der Waals surface area contributed by atoms with Crippen LogP contribution in [0.2, 0.25) is 0 Å². The summed E-state index contributed by atoms with van der Waals surface area (Å²) in [5, 5.41) is 4.60. The molecule has 2 aliphatic rings. The van der Waals surface area contributed by atoms with Crippen LogP contribution in [-0.4, -0.2) is 32.2 Å². The van der Waals surface area contributed by atoms with Crippen LogP contribution in [0.3, 0.4) is 0 Å². The second-order valence-corrected chi connectivity index (χ2v) is 6.32. The minimum atomic E-state index is -0.246. The molecular formula is C14H21NO3S. The number of hydrogen-bond acceptors (Lipinski definition) is 5. The monoisotopic (exact) mass is 283 g/mol. The SMILES string of the molecule is COc1ccc(CNC2CCC3(CC2)OCCO3)s1. The van der Waals surface area contributed by atoms with Crippen molar-refractivity contribution in [2.24, 2.45) is 0 Å². The second-order valence-electron chi connectivity index (χ2n) is 5.19. The Morgan fingerprint density at radius 2 is 2.05 bits per heavy atom. The molecular weight excluding hydrogens is 262 g/mol. The first-order chi connectivity index (χ1) is 9.30. The van der Waals surface area contributed by atoms with Crippen LogP contribution in [0.1, 0.15) is 30.6 Å². The maximum absolute atomic E-state index is 5.75. The van der Waals surface area contributed by atoms with E-state index in [4.69, 9.17) is 14.2 Å². The highest BCUT2D eigenvalue weighted by Crippen LogP contribution is 2.35. The molecule has 1 N–H and O–H groups in total. The van der Waals surface area contributed by atoms with Crippen molar-refractivity contribution < 1.29 is 14.2 Å². The highest BCUT2D eigenvalue weighted by atomic mass is 32.1. The lowest BCUT2D eigenvalue weighted by atomic mass is 9.90. The Labute approximate surface area is 118 Å². The van der Waals surface area contributed by atoms with Gasteiger partial charge in [-0.25, -0.2) is 0 Å². The molecule has 1 aromatic rings. The molecule has 5 heteroatoms. The molecule has 106 valence electrons. The fraction of sp³-hybridized carbons (Fsp3) is 0.714. The highest BCUT2D eigenvalue weighted by molar-refractivity contribution is 7.13. The third kappa shape index (κ3) is 3.11. The van der Waals surface area contributed by atoms with Gasteiger partial charge in [0.1, 0.15) is 0 Å². The molecule has 3 rings (SSSR count). The predicted octanol–water partition coefficient (Wildman–Crippen LogP) is 2.53.